The summed E-state index contributed by atoms with van der Waals surface area (Å²) in [4.78, 5) is 32.8. The van der Waals surface area contributed by atoms with Crippen LogP contribution in [0.25, 0.3) is 0 Å². The summed E-state index contributed by atoms with van der Waals surface area (Å²) in [6.07, 6.45) is 1.04. The lowest BCUT2D eigenvalue weighted by molar-refractivity contribution is -0.384. The summed E-state index contributed by atoms with van der Waals surface area (Å²) in [5, 5.41) is 10.6. The van der Waals surface area contributed by atoms with Crippen LogP contribution < -0.4 is 10.6 Å². The van der Waals surface area contributed by atoms with E-state index in [-0.39, 0.29) is 29.9 Å². The first-order valence-electron chi connectivity index (χ1n) is 6.16. The number of aromatic nitrogens is 2. The number of anilines is 2. The van der Waals surface area contributed by atoms with Gasteiger partial charge in [0.05, 0.1) is 11.5 Å². The van der Waals surface area contributed by atoms with Crippen molar-refractivity contribution in [2.45, 2.75) is 13.8 Å². The second kappa shape index (κ2) is 6.64. The molecule has 0 unspecified atom stereocenters. The average Bonchev–Trinajstić information content (AvgIpc) is 2.39. The Morgan fingerprint density at radius 1 is 1.45 bits per heavy atom. The normalized spacial score (nSPS) is 10.2. The molecule has 0 aliphatic heterocycles. The largest absolute Gasteiger partial charge is 0.378 e. The summed E-state index contributed by atoms with van der Waals surface area (Å²) in [6.45, 7) is 5.10. The zero-order valence-corrected chi connectivity index (χ0v) is 11.7. The number of carbonyl (C=O) groups is 1. The molecular weight excluding hydrogens is 264 g/mol. The van der Waals surface area contributed by atoms with Crippen molar-refractivity contribution in [3.05, 3.63) is 16.3 Å². The fourth-order valence-electron chi connectivity index (χ4n) is 1.65. The van der Waals surface area contributed by atoms with Gasteiger partial charge in [-0.25, -0.2) is 4.98 Å². The molecule has 9 heteroatoms. The molecule has 1 rings (SSSR count). The lowest BCUT2D eigenvalue weighted by Crippen LogP contribution is -2.39. The zero-order valence-electron chi connectivity index (χ0n) is 11.7. The monoisotopic (exact) mass is 282 g/mol. The van der Waals surface area contributed by atoms with E-state index in [4.69, 9.17) is 5.73 Å². The number of hydrogen-bond acceptors (Lipinski definition) is 7. The highest BCUT2D eigenvalue weighted by Gasteiger charge is 2.18. The number of nitro groups is 1. The highest BCUT2D eigenvalue weighted by atomic mass is 16.6. The number of amides is 1. The molecule has 110 valence electrons. The third-order valence-electron chi connectivity index (χ3n) is 2.81. The Morgan fingerprint density at radius 3 is 2.50 bits per heavy atom. The summed E-state index contributed by atoms with van der Waals surface area (Å²) >= 11 is 0. The molecule has 0 saturated carbocycles. The van der Waals surface area contributed by atoms with Crippen molar-refractivity contribution in [1.82, 2.24) is 14.9 Å². The van der Waals surface area contributed by atoms with E-state index in [9.17, 15) is 14.9 Å². The minimum Gasteiger partial charge on any atom is -0.378 e. The van der Waals surface area contributed by atoms with Crippen LogP contribution in [0.15, 0.2) is 6.20 Å². The van der Waals surface area contributed by atoms with E-state index >= 15 is 0 Å². The number of hydrogen-bond donors (Lipinski definition) is 1. The van der Waals surface area contributed by atoms with Gasteiger partial charge in [0.15, 0.2) is 0 Å². The average molecular weight is 282 g/mol. The van der Waals surface area contributed by atoms with E-state index in [0.29, 0.717) is 13.1 Å². The first-order valence-corrected chi connectivity index (χ1v) is 6.16. The SMILES string of the molecule is CCN(CC)C(=O)CN(C)c1ncc([N+](=O)[O-])c(N)n1. The molecule has 1 amide bonds. The standard InChI is InChI=1S/C11H18N6O3/c1-4-16(5-2)9(18)7-15(3)11-13-6-8(17(19)20)10(12)14-11/h6H,4-5,7H2,1-3H3,(H2,12,13,14). The van der Waals surface area contributed by atoms with E-state index in [1.807, 2.05) is 13.8 Å². The molecule has 1 aromatic heterocycles. The highest BCUT2D eigenvalue weighted by molar-refractivity contribution is 5.80. The molecule has 2 N–H and O–H groups in total. The van der Waals surface area contributed by atoms with E-state index < -0.39 is 4.92 Å². The van der Waals surface area contributed by atoms with Crippen LogP contribution in [0.5, 0.6) is 0 Å². The molecule has 20 heavy (non-hydrogen) atoms. The summed E-state index contributed by atoms with van der Waals surface area (Å²) in [6, 6.07) is 0. The van der Waals surface area contributed by atoms with Crippen LogP contribution >= 0.6 is 0 Å². The van der Waals surface area contributed by atoms with Gasteiger partial charge >= 0.3 is 5.69 Å². The van der Waals surface area contributed by atoms with Gasteiger partial charge in [0.1, 0.15) is 6.20 Å². The first-order chi connectivity index (χ1) is 9.40. The Morgan fingerprint density at radius 2 is 2.05 bits per heavy atom. The van der Waals surface area contributed by atoms with Gasteiger partial charge < -0.3 is 15.5 Å². The van der Waals surface area contributed by atoms with Gasteiger partial charge in [-0.15, -0.1) is 0 Å². The Labute approximate surface area is 116 Å². The lowest BCUT2D eigenvalue weighted by atomic mass is 10.4. The third-order valence-corrected chi connectivity index (χ3v) is 2.81. The molecule has 1 aromatic rings. The smallest absolute Gasteiger partial charge is 0.329 e. The van der Waals surface area contributed by atoms with Crippen LogP contribution in [0.2, 0.25) is 0 Å². The van der Waals surface area contributed by atoms with Gasteiger partial charge in [0.2, 0.25) is 17.7 Å². The summed E-state index contributed by atoms with van der Waals surface area (Å²) in [7, 11) is 1.63. The second-order valence-electron chi connectivity index (χ2n) is 4.12. The van der Waals surface area contributed by atoms with Gasteiger partial charge in [-0.3, -0.25) is 14.9 Å². The maximum Gasteiger partial charge on any atom is 0.329 e. The molecule has 0 aromatic carbocycles. The molecule has 0 atom stereocenters. The Bertz CT molecular complexity index is 503. The number of nitrogen functional groups attached to an aromatic ring is 1. The number of nitrogens with zero attached hydrogens (tertiary/aromatic N) is 5. The molecular formula is C11H18N6O3. The maximum absolute atomic E-state index is 11.9. The van der Waals surface area contributed by atoms with Crippen LogP contribution in [-0.2, 0) is 4.79 Å². The van der Waals surface area contributed by atoms with Crippen molar-refractivity contribution >= 4 is 23.4 Å². The fraction of sp³-hybridized carbons (Fsp3) is 0.545. The van der Waals surface area contributed by atoms with Gasteiger partial charge in [-0.1, -0.05) is 0 Å². The highest BCUT2D eigenvalue weighted by Crippen LogP contribution is 2.19. The molecule has 0 fully saturated rings. The number of rotatable bonds is 6. The molecule has 9 nitrogen and oxygen atoms in total. The van der Waals surface area contributed by atoms with Crippen molar-refractivity contribution in [3.63, 3.8) is 0 Å². The van der Waals surface area contributed by atoms with Crippen molar-refractivity contribution in [2.75, 3.05) is 37.3 Å². The summed E-state index contributed by atoms with van der Waals surface area (Å²) < 4.78 is 0. The number of likely N-dealkylation sites (N-methyl/N-ethyl adjacent to an activating group) is 2. The summed E-state index contributed by atoms with van der Waals surface area (Å²) in [5.74, 6) is -0.117. The molecule has 0 saturated heterocycles. The summed E-state index contributed by atoms with van der Waals surface area (Å²) in [5.41, 5.74) is 5.14. The lowest BCUT2D eigenvalue weighted by Gasteiger charge is -2.23. The van der Waals surface area contributed by atoms with Crippen molar-refractivity contribution in [2.24, 2.45) is 0 Å². The second-order valence-corrected chi connectivity index (χ2v) is 4.12. The topological polar surface area (TPSA) is 118 Å². The number of nitrogens with two attached hydrogens (primary N) is 1. The molecule has 1 heterocycles. The predicted molar refractivity (Wildman–Crippen MR) is 74.3 cm³/mol. The van der Waals surface area contributed by atoms with Crippen molar-refractivity contribution in [3.8, 4) is 0 Å². The van der Waals surface area contributed by atoms with Gasteiger partial charge in [-0.2, -0.15) is 4.98 Å². The van der Waals surface area contributed by atoms with E-state index in [0.717, 1.165) is 6.20 Å². The minimum absolute atomic E-state index is 0.0713. The molecule has 0 bridgehead atoms. The molecule has 0 aliphatic carbocycles. The van der Waals surface area contributed by atoms with E-state index in [1.54, 1.807) is 11.9 Å². The minimum atomic E-state index is -0.653. The van der Waals surface area contributed by atoms with Crippen LogP contribution in [0.4, 0.5) is 17.5 Å². The van der Waals surface area contributed by atoms with Crippen LogP contribution in [-0.4, -0.2) is 52.4 Å². The predicted octanol–water partition coefficient (Wildman–Crippen LogP) is 0.272. The Hall–Kier alpha value is -2.45. The van der Waals surface area contributed by atoms with Gasteiger partial charge in [0.25, 0.3) is 0 Å². The maximum atomic E-state index is 11.9. The first kappa shape index (κ1) is 15.6. The van der Waals surface area contributed by atoms with Crippen molar-refractivity contribution in [1.29, 1.82) is 0 Å². The third kappa shape index (κ3) is 3.53. The van der Waals surface area contributed by atoms with Gasteiger partial charge in [-0.05, 0) is 13.8 Å². The van der Waals surface area contributed by atoms with E-state index in [2.05, 4.69) is 9.97 Å². The molecule has 0 spiro atoms. The molecule has 0 aliphatic rings. The zero-order chi connectivity index (χ0) is 15.3. The quantitative estimate of drug-likeness (QED) is 0.587. The van der Waals surface area contributed by atoms with Crippen molar-refractivity contribution < 1.29 is 9.72 Å². The number of carbonyl (C=O) groups excluding carboxylic acids is 1. The van der Waals surface area contributed by atoms with E-state index in [1.165, 1.54) is 4.90 Å². The van der Waals surface area contributed by atoms with Crippen LogP contribution in [0.1, 0.15) is 13.8 Å². The Balaban J connectivity index is 2.83. The molecule has 0 radical (unpaired) electrons. The fourth-order valence-corrected chi connectivity index (χ4v) is 1.65. The van der Waals surface area contributed by atoms with Gasteiger partial charge in [0, 0.05) is 20.1 Å². The Kier molecular flexibility index (Phi) is 5.18. The van der Waals surface area contributed by atoms with Crippen LogP contribution in [0, 0.1) is 10.1 Å². The van der Waals surface area contributed by atoms with Crippen LogP contribution in [0.3, 0.4) is 0 Å².